The molecule has 1 aromatic carbocycles. The van der Waals surface area contributed by atoms with Gasteiger partial charge in [-0.25, -0.2) is 4.79 Å². The standard InChI is InChI=1S/C17H22N2O3/c1-22-15-9-5-8-13-14(20)10-11-19(16(13)15)17(21)18-12-6-3-2-4-7-12/h5,8-9,12H,2-4,6-7,10-11H2,1H3,(H,18,21). The van der Waals surface area contributed by atoms with Crippen molar-refractivity contribution in [1.82, 2.24) is 5.32 Å². The zero-order valence-corrected chi connectivity index (χ0v) is 12.9. The molecule has 1 aliphatic carbocycles. The second-order valence-corrected chi connectivity index (χ2v) is 5.97. The molecule has 0 saturated heterocycles. The fourth-order valence-corrected chi connectivity index (χ4v) is 3.35. The molecule has 5 nitrogen and oxygen atoms in total. The monoisotopic (exact) mass is 302 g/mol. The van der Waals surface area contributed by atoms with E-state index in [0.29, 0.717) is 30.0 Å². The Morgan fingerprint density at radius 1 is 1.27 bits per heavy atom. The molecule has 1 aliphatic heterocycles. The third kappa shape index (κ3) is 2.80. The van der Waals surface area contributed by atoms with E-state index < -0.39 is 0 Å². The van der Waals surface area contributed by atoms with Crippen LogP contribution in [0, 0.1) is 0 Å². The fourth-order valence-electron chi connectivity index (χ4n) is 3.35. The summed E-state index contributed by atoms with van der Waals surface area (Å²) in [6.07, 6.45) is 6.03. The first-order valence-electron chi connectivity index (χ1n) is 7.99. The summed E-state index contributed by atoms with van der Waals surface area (Å²) < 4.78 is 5.36. The van der Waals surface area contributed by atoms with Crippen LogP contribution in [0.25, 0.3) is 0 Å². The smallest absolute Gasteiger partial charge is 0.322 e. The van der Waals surface area contributed by atoms with Gasteiger partial charge in [0.15, 0.2) is 5.78 Å². The van der Waals surface area contributed by atoms with E-state index in [1.165, 1.54) is 19.3 Å². The number of urea groups is 1. The van der Waals surface area contributed by atoms with Crippen molar-refractivity contribution in [2.24, 2.45) is 0 Å². The molecule has 0 atom stereocenters. The van der Waals surface area contributed by atoms with Crippen LogP contribution in [0.1, 0.15) is 48.9 Å². The number of carbonyl (C=O) groups is 2. The first-order chi connectivity index (χ1) is 10.7. The summed E-state index contributed by atoms with van der Waals surface area (Å²) in [5, 5.41) is 3.12. The Labute approximate surface area is 130 Å². The average Bonchev–Trinajstić information content (AvgIpc) is 2.55. The molecule has 0 aromatic heterocycles. The number of amides is 2. The molecular formula is C17H22N2O3. The summed E-state index contributed by atoms with van der Waals surface area (Å²) in [5.74, 6) is 0.639. The summed E-state index contributed by atoms with van der Waals surface area (Å²) in [4.78, 5) is 26.4. The van der Waals surface area contributed by atoms with Gasteiger partial charge in [-0.2, -0.15) is 0 Å². The number of nitrogens with one attached hydrogen (secondary N) is 1. The zero-order chi connectivity index (χ0) is 15.5. The van der Waals surface area contributed by atoms with Crippen LogP contribution in [0.5, 0.6) is 5.75 Å². The second-order valence-electron chi connectivity index (χ2n) is 5.97. The third-order valence-electron chi connectivity index (χ3n) is 4.53. The SMILES string of the molecule is COc1cccc2c1N(C(=O)NC1CCCCC1)CCC2=O. The van der Waals surface area contributed by atoms with Gasteiger partial charge in [-0.1, -0.05) is 25.3 Å². The molecule has 0 spiro atoms. The number of carbonyl (C=O) groups excluding carboxylic acids is 2. The quantitative estimate of drug-likeness (QED) is 0.913. The van der Waals surface area contributed by atoms with Crippen LogP contribution in [-0.4, -0.2) is 31.5 Å². The molecule has 1 N–H and O–H groups in total. The van der Waals surface area contributed by atoms with Crippen molar-refractivity contribution in [3.63, 3.8) is 0 Å². The molecule has 2 amide bonds. The fraction of sp³-hybridized carbons (Fsp3) is 0.529. The summed E-state index contributed by atoms with van der Waals surface area (Å²) in [6.45, 7) is 0.408. The van der Waals surface area contributed by atoms with Crippen molar-refractivity contribution >= 4 is 17.5 Å². The summed E-state index contributed by atoms with van der Waals surface area (Å²) in [7, 11) is 1.56. The van der Waals surface area contributed by atoms with Crippen molar-refractivity contribution < 1.29 is 14.3 Å². The maximum Gasteiger partial charge on any atom is 0.322 e. The lowest BCUT2D eigenvalue weighted by Crippen LogP contribution is -2.48. The largest absolute Gasteiger partial charge is 0.495 e. The number of benzene rings is 1. The lowest BCUT2D eigenvalue weighted by Gasteiger charge is -2.32. The van der Waals surface area contributed by atoms with Crippen LogP contribution in [0.15, 0.2) is 18.2 Å². The van der Waals surface area contributed by atoms with Crippen LogP contribution >= 0.6 is 0 Å². The number of fused-ring (bicyclic) bond motifs is 1. The Bertz CT molecular complexity index is 579. The highest BCUT2D eigenvalue weighted by atomic mass is 16.5. The molecule has 1 aromatic rings. The van der Waals surface area contributed by atoms with Gasteiger partial charge in [0, 0.05) is 24.6 Å². The molecule has 1 saturated carbocycles. The van der Waals surface area contributed by atoms with E-state index in [4.69, 9.17) is 4.74 Å². The lowest BCUT2D eigenvalue weighted by atomic mass is 9.95. The number of hydrogen-bond donors (Lipinski definition) is 1. The van der Waals surface area contributed by atoms with E-state index >= 15 is 0 Å². The number of anilines is 1. The molecule has 1 heterocycles. The Kier molecular flexibility index (Phi) is 4.32. The third-order valence-corrected chi connectivity index (χ3v) is 4.53. The minimum absolute atomic E-state index is 0.0654. The molecule has 0 radical (unpaired) electrons. The number of methoxy groups -OCH3 is 1. The highest BCUT2D eigenvalue weighted by Crippen LogP contribution is 2.36. The van der Waals surface area contributed by atoms with Crippen molar-refractivity contribution in [1.29, 1.82) is 0 Å². The van der Waals surface area contributed by atoms with Crippen molar-refractivity contribution in [2.75, 3.05) is 18.6 Å². The van der Waals surface area contributed by atoms with Gasteiger partial charge in [0.1, 0.15) is 5.75 Å². The molecular weight excluding hydrogens is 280 g/mol. The Balaban J connectivity index is 1.84. The van der Waals surface area contributed by atoms with E-state index in [1.807, 2.05) is 0 Å². The topological polar surface area (TPSA) is 58.6 Å². The van der Waals surface area contributed by atoms with Gasteiger partial charge in [-0.15, -0.1) is 0 Å². The normalized spacial score (nSPS) is 18.8. The molecule has 0 unspecified atom stereocenters. The maximum absolute atomic E-state index is 12.7. The first-order valence-corrected chi connectivity index (χ1v) is 7.99. The number of Topliss-reactive ketones (excluding diaryl/α,β-unsaturated/α-hetero) is 1. The Morgan fingerprint density at radius 2 is 2.05 bits per heavy atom. The Hall–Kier alpha value is -2.04. The number of nitrogens with zero attached hydrogens (tertiary/aromatic N) is 1. The molecule has 0 bridgehead atoms. The van der Waals surface area contributed by atoms with Crippen LogP contribution < -0.4 is 15.0 Å². The van der Waals surface area contributed by atoms with Gasteiger partial charge in [-0.05, 0) is 25.0 Å². The predicted octanol–water partition coefficient (Wildman–Crippen LogP) is 3.13. The highest BCUT2D eigenvalue weighted by molar-refractivity contribution is 6.10. The minimum Gasteiger partial charge on any atom is -0.495 e. The van der Waals surface area contributed by atoms with E-state index in [0.717, 1.165) is 12.8 Å². The highest BCUT2D eigenvalue weighted by Gasteiger charge is 2.31. The first kappa shape index (κ1) is 14.9. The van der Waals surface area contributed by atoms with E-state index in [2.05, 4.69) is 5.32 Å². The van der Waals surface area contributed by atoms with Crippen LogP contribution in [0.4, 0.5) is 10.5 Å². The summed E-state index contributed by atoms with van der Waals surface area (Å²) in [6, 6.07) is 5.47. The Morgan fingerprint density at radius 3 is 2.77 bits per heavy atom. The van der Waals surface area contributed by atoms with Crippen LogP contribution in [0.2, 0.25) is 0 Å². The van der Waals surface area contributed by atoms with E-state index in [-0.39, 0.29) is 17.9 Å². The van der Waals surface area contributed by atoms with Gasteiger partial charge in [0.25, 0.3) is 0 Å². The number of para-hydroxylation sites is 1. The van der Waals surface area contributed by atoms with E-state index in [9.17, 15) is 9.59 Å². The molecule has 1 fully saturated rings. The van der Waals surface area contributed by atoms with Gasteiger partial charge in [0.05, 0.1) is 12.8 Å². The number of rotatable bonds is 2. The molecule has 118 valence electrons. The minimum atomic E-state index is -0.120. The van der Waals surface area contributed by atoms with Gasteiger partial charge in [-0.3, -0.25) is 9.69 Å². The zero-order valence-electron chi connectivity index (χ0n) is 12.9. The van der Waals surface area contributed by atoms with Gasteiger partial charge < -0.3 is 10.1 Å². The molecule has 22 heavy (non-hydrogen) atoms. The number of ether oxygens (including phenoxy) is 1. The van der Waals surface area contributed by atoms with Crippen molar-refractivity contribution in [3.05, 3.63) is 23.8 Å². The average molecular weight is 302 g/mol. The summed E-state index contributed by atoms with van der Waals surface area (Å²) >= 11 is 0. The number of hydrogen-bond acceptors (Lipinski definition) is 3. The molecule has 2 aliphatic rings. The molecule has 3 rings (SSSR count). The molecule has 5 heteroatoms. The second kappa shape index (κ2) is 6.38. The van der Waals surface area contributed by atoms with Crippen molar-refractivity contribution in [3.8, 4) is 5.75 Å². The summed E-state index contributed by atoms with van der Waals surface area (Å²) in [5.41, 5.74) is 1.18. The van der Waals surface area contributed by atoms with Gasteiger partial charge >= 0.3 is 6.03 Å². The van der Waals surface area contributed by atoms with Crippen LogP contribution in [0.3, 0.4) is 0 Å². The predicted molar refractivity (Wildman–Crippen MR) is 84.7 cm³/mol. The maximum atomic E-state index is 12.7. The van der Waals surface area contributed by atoms with E-state index in [1.54, 1.807) is 30.2 Å². The number of ketones is 1. The van der Waals surface area contributed by atoms with Crippen molar-refractivity contribution in [2.45, 2.75) is 44.6 Å². The lowest BCUT2D eigenvalue weighted by molar-refractivity contribution is 0.0980. The van der Waals surface area contributed by atoms with Crippen LogP contribution in [-0.2, 0) is 0 Å². The van der Waals surface area contributed by atoms with Gasteiger partial charge in [0.2, 0.25) is 0 Å².